The van der Waals surface area contributed by atoms with Gasteiger partial charge in [-0.15, -0.1) is 11.3 Å². The summed E-state index contributed by atoms with van der Waals surface area (Å²) in [5.74, 6) is 0.671. The number of aromatic nitrogens is 1. The molecule has 0 saturated carbocycles. The van der Waals surface area contributed by atoms with E-state index in [2.05, 4.69) is 25.7 Å². The lowest BCUT2D eigenvalue weighted by molar-refractivity contribution is 0.562. The lowest BCUT2D eigenvalue weighted by Crippen LogP contribution is -2.27. The number of aryl methyl sites for hydroxylation is 1. The van der Waals surface area contributed by atoms with E-state index in [1.807, 2.05) is 11.3 Å². The molecule has 0 amide bonds. The van der Waals surface area contributed by atoms with Crippen LogP contribution >= 0.6 is 11.3 Å². The van der Waals surface area contributed by atoms with Gasteiger partial charge in [-0.25, -0.2) is 4.98 Å². The first kappa shape index (κ1) is 12.8. The fraction of sp³-hybridized carbons (Fsp3) is 0.769. The summed E-state index contributed by atoms with van der Waals surface area (Å²) in [4.78, 5) is 8.57. The third-order valence-corrected chi connectivity index (χ3v) is 4.42. The minimum absolute atomic E-state index is 0.168. The molecule has 17 heavy (non-hydrogen) atoms. The van der Waals surface area contributed by atoms with Crippen LogP contribution in [0.15, 0.2) is 0 Å². The second-order valence-corrected chi connectivity index (χ2v) is 6.30. The predicted molar refractivity (Wildman–Crippen MR) is 74.7 cm³/mol. The number of fused-ring (bicyclic) bond motifs is 1. The quantitative estimate of drug-likeness (QED) is 0.897. The van der Waals surface area contributed by atoms with Gasteiger partial charge in [-0.2, -0.15) is 0 Å². The molecule has 0 aliphatic heterocycles. The Bertz CT molecular complexity index is 373. The summed E-state index contributed by atoms with van der Waals surface area (Å²) in [5, 5.41) is 1.17. The van der Waals surface area contributed by atoms with Crippen LogP contribution in [0.3, 0.4) is 0 Å². The normalized spacial score (nSPS) is 19.5. The molecular formula is C13H23N3S. The van der Waals surface area contributed by atoms with Crippen LogP contribution in [0.2, 0.25) is 0 Å². The van der Waals surface area contributed by atoms with Crippen LogP contribution in [0.5, 0.6) is 0 Å². The number of anilines is 1. The number of nitrogens with zero attached hydrogens (tertiary/aromatic N) is 2. The van der Waals surface area contributed by atoms with Gasteiger partial charge in [-0.05, 0) is 32.1 Å². The van der Waals surface area contributed by atoms with Crippen LogP contribution in [0.1, 0.15) is 50.2 Å². The average molecular weight is 253 g/mol. The molecule has 1 heterocycles. The smallest absolute Gasteiger partial charge is 0.185 e. The Balaban J connectivity index is 2.20. The van der Waals surface area contributed by atoms with Crippen LogP contribution in [0.4, 0.5) is 5.13 Å². The minimum atomic E-state index is 0.168. The van der Waals surface area contributed by atoms with Crippen LogP contribution in [0, 0.1) is 5.92 Å². The van der Waals surface area contributed by atoms with Crippen LogP contribution in [0.25, 0.3) is 0 Å². The van der Waals surface area contributed by atoms with Gasteiger partial charge in [-0.1, -0.05) is 13.8 Å². The molecule has 1 atom stereocenters. The van der Waals surface area contributed by atoms with Crippen molar-refractivity contribution in [1.29, 1.82) is 0 Å². The molecule has 4 heteroatoms. The molecule has 1 unspecified atom stereocenters. The molecule has 0 radical (unpaired) electrons. The van der Waals surface area contributed by atoms with Gasteiger partial charge < -0.3 is 10.6 Å². The zero-order chi connectivity index (χ0) is 12.4. The molecule has 1 aliphatic carbocycles. The van der Waals surface area contributed by atoms with E-state index in [4.69, 9.17) is 10.7 Å². The number of nitrogens with two attached hydrogens (primary N) is 1. The summed E-state index contributed by atoms with van der Waals surface area (Å²) in [6, 6.07) is 0.168. The average Bonchev–Trinajstić information content (AvgIpc) is 2.70. The molecule has 2 N–H and O–H groups in total. The van der Waals surface area contributed by atoms with Gasteiger partial charge in [0.05, 0.1) is 5.69 Å². The van der Waals surface area contributed by atoms with E-state index >= 15 is 0 Å². The van der Waals surface area contributed by atoms with E-state index in [0.717, 1.165) is 19.5 Å². The van der Waals surface area contributed by atoms with Crippen molar-refractivity contribution in [3.05, 3.63) is 10.6 Å². The van der Waals surface area contributed by atoms with Gasteiger partial charge in [0.15, 0.2) is 5.13 Å². The number of rotatable bonds is 4. The van der Waals surface area contributed by atoms with Crippen molar-refractivity contribution in [3.8, 4) is 0 Å². The van der Waals surface area contributed by atoms with Crippen molar-refractivity contribution >= 4 is 16.5 Å². The second-order valence-electron chi connectivity index (χ2n) is 5.24. The standard InChI is InChI=1S/C13H23N3S/c1-4-16(8-9(2)3)13-15-12-10(14)6-5-7-11(12)17-13/h9-10H,4-8,14H2,1-3H3. The summed E-state index contributed by atoms with van der Waals surface area (Å²) in [7, 11) is 0. The number of hydrogen-bond donors (Lipinski definition) is 1. The van der Waals surface area contributed by atoms with Crippen molar-refractivity contribution < 1.29 is 0 Å². The third-order valence-electron chi connectivity index (χ3n) is 3.22. The first-order valence-corrected chi connectivity index (χ1v) is 7.43. The summed E-state index contributed by atoms with van der Waals surface area (Å²) >= 11 is 1.85. The second kappa shape index (κ2) is 5.36. The summed E-state index contributed by atoms with van der Waals surface area (Å²) < 4.78 is 0. The molecule has 0 aromatic carbocycles. The molecule has 96 valence electrons. The largest absolute Gasteiger partial charge is 0.348 e. The highest BCUT2D eigenvalue weighted by Gasteiger charge is 2.23. The minimum Gasteiger partial charge on any atom is -0.348 e. The van der Waals surface area contributed by atoms with E-state index in [1.165, 1.54) is 28.5 Å². The van der Waals surface area contributed by atoms with E-state index in [0.29, 0.717) is 5.92 Å². The summed E-state index contributed by atoms with van der Waals surface area (Å²) in [6.07, 6.45) is 3.47. The lowest BCUT2D eigenvalue weighted by atomic mass is 9.99. The summed E-state index contributed by atoms with van der Waals surface area (Å²) in [6.45, 7) is 8.81. The third kappa shape index (κ3) is 2.80. The Labute approximate surface area is 108 Å². The molecule has 0 fully saturated rings. The zero-order valence-corrected chi connectivity index (χ0v) is 11.9. The van der Waals surface area contributed by atoms with Gasteiger partial charge in [0.2, 0.25) is 0 Å². The van der Waals surface area contributed by atoms with Gasteiger partial charge >= 0.3 is 0 Å². The van der Waals surface area contributed by atoms with Crippen LogP contribution in [-0.2, 0) is 6.42 Å². The molecule has 0 saturated heterocycles. The predicted octanol–water partition coefficient (Wildman–Crippen LogP) is 2.96. The maximum absolute atomic E-state index is 6.13. The fourth-order valence-corrected chi connectivity index (χ4v) is 3.60. The van der Waals surface area contributed by atoms with Crippen LogP contribution in [-0.4, -0.2) is 18.1 Å². The molecule has 0 spiro atoms. The molecule has 1 aliphatic rings. The van der Waals surface area contributed by atoms with Crippen molar-refractivity contribution in [3.63, 3.8) is 0 Å². The van der Waals surface area contributed by atoms with Crippen molar-refractivity contribution in [1.82, 2.24) is 4.98 Å². The molecule has 0 bridgehead atoms. The summed E-state index contributed by atoms with van der Waals surface area (Å²) in [5.41, 5.74) is 7.29. The maximum Gasteiger partial charge on any atom is 0.185 e. The van der Waals surface area contributed by atoms with Gasteiger partial charge in [-0.3, -0.25) is 0 Å². The van der Waals surface area contributed by atoms with Crippen LogP contribution < -0.4 is 10.6 Å². The Morgan fingerprint density at radius 3 is 2.88 bits per heavy atom. The highest BCUT2D eigenvalue weighted by molar-refractivity contribution is 7.15. The monoisotopic (exact) mass is 253 g/mol. The molecule has 2 rings (SSSR count). The highest BCUT2D eigenvalue weighted by Crippen LogP contribution is 2.35. The Hall–Kier alpha value is -0.610. The molecule has 1 aromatic rings. The Morgan fingerprint density at radius 2 is 2.29 bits per heavy atom. The number of thiazole rings is 1. The first-order valence-electron chi connectivity index (χ1n) is 6.62. The molecule has 1 aromatic heterocycles. The van der Waals surface area contributed by atoms with Crippen molar-refractivity contribution in [2.45, 2.75) is 46.1 Å². The Morgan fingerprint density at radius 1 is 1.53 bits per heavy atom. The topological polar surface area (TPSA) is 42.2 Å². The van der Waals surface area contributed by atoms with Crippen molar-refractivity contribution in [2.75, 3.05) is 18.0 Å². The highest BCUT2D eigenvalue weighted by atomic mass is 32.1. The molecular weight excluding hydrogens is 230 g/mol. The van der Waals surface area contributed by atoms with Gasteiger partial charge in [0.25, 0.3) is 0 Å². The van der Waals surface area contributed by atoms with E-state index in [9.17, 15) is 0 Å². The van der Waals surface area contributed by atoms with E-state index in [-0.39, 0.29) is 6.04 Å². The SMILES string of the molecule is CCN(CC(C)C)c1nc2c(s1)CCCC2N. The maximum atomic E-state index is 6.13. The lowest BCUT2D eigenvalue weighted by Gasteiger charge is -2.21. The molecule has 3 nitrogen and oxygen atoms in total. The number of hydrogen-bond acceptors (Lipinski definition) is 4. The fourth-order valence-electron chi connectivity index (χ4n) is 2.36. The van der Waals surface area contributed by atoms with Gasteiger partial charge in [0.1, 0.15) is 0 Å². The van der Waals surface area contributed by atoms with E-state index in [1.54, 1.807) is 0 Å². The Kier molecular flexibility index (Phi) is 4.05. The zero-order valence-electron chi connectivity index (χ0n) is 11.1. The van der Waals surface area contributed by atoms with Crippen molar-refractivity contribution in [2.24, 2.45) is 11.7 Å². The van der Waals surface area contributed by atoms with E-state index < -0.39 is 0 Å². The first-order chi connectivity index (χ1) is 8.11. The van der Waals surface area contributed by atoms with Gasteiger partial charge in [0, 0.05) is 24.0 Å².